The predicted molar refractivity (Wildman–Crippen MR) is 74.2 cm³/mol. The van der Waals surface area contributed by atoms with Gasteiger partial charge >= 0.3 is 5.97 Å². The van der Waals surface area contributed by atoms with Crippen molar-refractivity contribution in [3.63, 3.8) is 0 Å². The zero-order chi connectivity index (χ0) is 15.5. The second-order valence-electron chi connectivity index (χ2n) is 4.96. The highest BCUT2D eigenvalue weighted by molar-refractivity contribution is 7.91. The van der Waals surface area contributed by atoms with Crippen molar-refractivity contribution >= 4 is 15.8 Å². The van der Waals surface area contributed by atoms with Crippen LogP contribution in [0.4, 0.5) is 4.39 Å². The largest absolute Gasteiger partial charge is 0.465 e. The molecule has 0 aliphatic carbocycles. The molecule has 0 N–H and O–H groups in total. The first kappa shape index (κ1) is 15.9. The molecule has 2 rings (SSSR count). The van der Waals surface area contributed by atoms with Gasteiger partial charge in [-0.25, -0.2) is 17.6 Å². The maximum absolute atomic E-state index is 13.5. The number of carbonyl (C=O) groups excluding carboxylic acids is 1. The van der Waals surface area contributed by atoms with Gasteiger partial charge in [-0.2, -0.15) is 0 Å². The second-order valence-corrected chi connectivity index (χ2v) is 7.24. The van der Waals surface area contributed by atoms with Gasteiger partial charge in [0.15, 0.2) is 9.84 Å². The number of sulfone groups is 1. The van der Waals surface area contributed by atoms with Crippen LogP contribution >= 0.6 is 0 Å². The van der Waals surface area contributed by atoms with Crippen LogP contribution < -0.4 is 0 Å². The zero-order valence-corrected chi connectivity index (χ0v) is 12.5. The van der Waals surface area contributed by atoms with E-state index >= 15 is 0 Å². The maximum Gasteiger partial charge on any atom is 0.337 e. The molecule has 116 valence electrons. The van der Waals surface area contributed by atoms with Gasteiger partial charge in [-0.05, 0) is 36.6 Å². The Bertz CT molecular complexity index is 620. The molecule has 7 heteroatoms. The van der Waals surface area contributed by atoms with Gasteiger partial charge in [0.05, 0.1) is 23.7 Å². The Labute approximate surface area is 123 Å². The van der Waals surface area contributed by atoms with Crippen molar-refractivity contribution in [1.29, 1.82) is 0 Å². The number of rotatable bonds is 4. The summed E-state index contributed by atoms with van der Waals surface area (Å²) in [6, 6.07) is 3.51. The SMILES string of the molecule is COC(=O)c1cc(F)cc(CS(=O)(=O)C2CCOCC2)c1. The molecule has 0 amide bonds. The molecule has 5 nitrogen and oxygen atoms in total. The summed E-state index contributed by atoms with van der Waals surface area (Å²) in [7, 11) is -2.21. The minimum absolute atomic E-state index is 0.00896. The van der Waals surface area contributed by atoms with Crippen LogP contribution in [0.5, 0.6) is 0 Å². The van der Waals surface area contributed by atoms with Gasteiger partial charge in [0, 0.05) is 13.2 Å². The molecular formula is C14H17FO5S. The Morgan fingerprint density at radius 2 is 2.00 bits per heavy atom. The number of carbonyl (C=O) groups is 1. The monoisotopic (exact) mass is 316 g/mol. The van der Waals surface area contributed by atoms with Gasteiger partial charge in [0.25, 0.3) is 0 Å². The molecule has 1 aliphatic rings. The molecule has 0 spiro atoms. The number of hydrogen-bond acceptors (Lipinski definition) is 5. The van der Waals surface area contributed by atoms with Crippen LogP contribution in [0.3, 0.4) is 0 Å². The summed E-state index contributed by atoms with van der Waals surface area (Å²) in [5.74, 6) is -1.64. The minimum Gasteiger partial charge on any atom is -0.465 e. The van der Waals surface area contributed by atoms with Gasteiger partial charge in [0.1, 0.15) is 5.82 Å². The third kappa shape index (κ3) is 4.01. The molecule has 0 unspecified atom stereocenters. The van der Waals surface area contributed by atoms with Crippen LogP contribution in [0.15, 0.2) is 18.2 Å². The van der Waals surface area contributed by atoms with E-state index in [0.29, 0.717) is 26.1 Å². The normalized spacial score (nSPS) is 16.7. The Kier molecular flexibility index (Phi) is 4.95. The quantitative estimate of drug-likeness (QED) is 0.791. The molecule has 0 atom stereocenters. The highest BCUT2D eigenvalue weighted by atomic mass is 32.2. The average Bonchev–Trinajstić information content (AvgIpc) is 2.46. The molecule has 0 saturated carbocycles. The topological polar surface area (TPSA) is 69.7 Å². The van der Waals surface area contributed by atoms with Gasteiger partial charge in [0.2, 0.25) is 0 Å². The van der Waals surface area contributed by atoms with E-state index in [-0.39, 0.29) is 16.9 Å². The van der Waals surface area contributed by atoms with E-state index in [1.54, 1.807) is 0 Å². The smallest absolute Gasteiger partial charge is 0.337 e. The highest BCUT2D eigenvalue weighted by Crippen LogP contribution is 2.21. The standard InChI is InChI=1S/C14H17FO5S/c1-19-14(16)11-6-10(7-12(15)8-11)9-21(17,18)13-2-4-20-5-3-13/h6-8,13H,2-5,9H2,1H3. The first-order chi connectivity index (χ1) is 9.92. The number of methoxy groups -OCH3 is 1. The van der Waals surface area contributed by atoms with E-state index in [2.05, 4.69) is 4.74 Å². The summed E-state index contributed by atoms with van der Waals surface area (Å²) in [4.78, 5) is 11.4. The Balaban J connectivity index is 2.22. The molecule has 0 aromatic heterocycles. The summed E-state index contributed by atoms with van der Waals surface area (Å²) in [5.41, 5.74) is 0.261. The van der Waals surface area contributed by atoms with Crippen molar-refractivity contribution in [2.45, 2.75) is 23.8 Å². The third-order valence-electron chi connectivity index (χ3n) is 3.42. The van der Waals surface area contributed by atoms with Crippen LogP contribution in [0.2, 0.25) is 0 Å². The molecule has 0 bridgehead atoms. The van der Waals surface area contributed by atoms with E-state index in [9.17, 15) is 17.6 Å². The van der Waals surface area contributed by atoms with Gasteiger partial charge in [-0.1, -0.05) is 0 Å². The summed E-state index contributed by atoms with van der Waals surface area (Å²) in [5, 5.41) is -0.476. The Morgan fingerprint density at radius 3 is 2.62 bits per heavy atom. The lowest BCUT2D eigenvalue weighted by Crippen LogP contribution is -2.29. The number of ether oxygens (including phenoxy) is 2. The average molecular weight is 316 g/mol. The van der Waals surface area contributed by atoms with Crippen LogP contribution in [0.25, 0.3) is 0 Å². The van der Waals surface area contributed by atoms with Gasteiger partial charge in [-0.15, -0.1) is 0 Å². The van der Waals surface area contributed by atoms with Crippen molar-refractivity contribution in [3.8, 4) is 0 Å². The first-order valence-corrected chi connectivity index (χ1v) is 8.31. The molecule has 1 fully saturated rings. The number of esters is 1. The van der Waals surface area contributed by atoms with E-state index < -0.39 is 26.9 Å². The zero-order valence-electron chi connectivity index (χ0n) is 11.7. The van der Waals surface area contributed by atoms with Crippen LogP contribution in [-0.2, 0) is 25.1 Å². The van der Waals surface area contributed by atoms with Crippen molar-refractivity contribution in [1.82, 2.24) is 0 Å². The van der Waals surface area contributed by atoms with Crippen molar-refractivity contribution < 1.29 is 27.1 Å². The lowest BCUT2D eigenvalue weighted by Gasteiger charge is -2.22. The number of hydrogen-bond donors (Lipinski definition) is 0. The summed E-state index contributed by atoms with van der Waals surface area (Å²) in [6.45, 7) is 0.834. The Hall–Kier alpha value is -1.47. The van der Waals surface area contributed by atoms with E-state index in [1.165, 1.54) is 13.2 Å². The third-order valence-corrected chi connectivity index (χ3v) is 5.65. The molecule has 1 aliphatic heterocycles. The molecular weight excluding hydrogens is 299 g/mol. The molecule has 1 aromatic rings. The van der Waals surface area contributed by atoms with Crippen molar-refractivity contribution in [3.05, 3.63) is 35.1 Å². The maximum atomic E-state index is 13.5. The van der Waals surface area contributed by atoms with Crippen molar-refractivity contribution in [2.75, 3.05) is 20.3 Å². The van der Waals surface area contributed by atoms with Crippen LogP contribution in [0.1, 0.15) is 28.8 Å². The number of benzene rings is 1. The van der Waals surface area contributed by atoms with Crippen LogP contribution in [0, 0.1) is 5.82 Å². The van der Waals surface area contributed by atoms with Gasteiger partial charge < -0.3 is 9.47 Å². The first-order valence-electron chi connectivity index (χ1n) is 6.59. The molecule has 21 heavy (non-hydrogen) atoms. The van der Waals surface area contributed by atoms with E-state index in [4.69, 9.17) is 4.74 Å². The molecule has 1 saturated heterocycles. The lowest BCUT2D eigenvalue weighted by molar-refractivity contribution is 0.0600. The van der Waals surface area contributed by atoms with Gasteiger partial charge in [-0.3, -0.25) is 0 Å². The van der Waals surface area contributed by atoms with E-state index in [1.807, 2.05) is 0 Å². The van der Waals surface area contributed by atoms with Crippen molar-refractivity contribution in [2.24, 2.45) is 0 Å². The second kappa shape index (κ2) is 6.53. The summed E-state index contributed by atoms with van der Waals surface area (Å²) in [6.07, 6.45) is 0.892. The lowest BCUT2D eigenvalue weighted by atomic mass is 10.1. The number of halogens is 1. The fraction of sp³-hybridized carbons (Fsp3) is 0.500. The molecule has 1 aromatic carbocycles. The molecule has 0 radical (unpaired) electrons. The summed E-state index contributed by atoms with van der Waals surface area (Å²) < 4.78 is 47.8. The highest BCUT2D eigenvalue weighted by Gasteiger charge is 2.28. The Morgan fingerprint density at radius 1 is 1.33 bits per heavy atom. The predicted octanol–water partition coefficient (Wildman–Crippen LogP) is 1.71. The fourth-order valence-corrected chi connectivity index (χ4v) is 4.13. The summed E-state index contributed by atoms with van der Waals surface area (Å²) >= 11 is 0. The molecule has 1 heterocycles. The van der Waals surface area contributed by atoms with Crippen LogP contribution in [-0.4, -0.2) is 40.0 Å². The van der Waals surface area contributed by atoms with E-state index in [0.717, 1.165) is 12.1 Å². The fourth-order valence-electron chi connectivity index (χ4n) is 2.35. The minimum atomic E-state index is -3.40.